The van der Waals surface area contributed by atoms with E-state index in [1.807, 2.05) is 18.3 Å². The maximum Gasteiger partial charge on any atom is 0.0570 e. The summed E-state index contributed by atoms with van der Waals surface area (Å²) in [5, 5.41) is 3.57. The van der Waals surface area contributed by atoms with Crippen molar-refractivity contribution in [2.45, 2.75) is 31.8 Å². The lowest BCUT2D eigenvalue weighted by Gasteiger charge is -2.22. The molecule has 1 fully saturated rings. The van der Waals surface area contributed by atoms with Gasteiger partial charge in [0.1, 0.15) is 0 Å². The number of likely N-dealkylation sites (tertiary alicyclic amines) is 1. The standard InChI is InChI=1S/C13H21N3/c1-11(13-7-3-4-8-14-13)15-10-12-6-5-9-16(12)2/h3-4,7-8,11-12,15H,5-6,9-10H2,1-2H3. The number of hydrogen-bond acceptors (Lipinski definition) is 3. The Labute approximate surface area is 97.9 Å². The minimum atomic E-state index is 0.343. The summed E-state index contributed by atoms with van der Waals surface area (Å²) < 4.78 is 0. The topological polar surface area (TPSA) is 28.2 Å². The Morgan fingerprint density at radius 3 is 3.06 bits per heavy atom. The second kappa shape index (κ2) is 5.41. The summed E-state index contributed by atoms with van der Waals surface area (Å²) in [6.45, 7) is 4.48. The van der Waals surface area contributed by atoms with Crippen LogP contribution in [0.5, 0.6) is 0 Å². The average Bonchev–Trinajstić information content (AvgIpc) is 2.73. The van der Waals surface area contributed by atoms with Crippen molar-refractivity contribution in [2.75, 3.05) is 20.1 Å². The fraction of sp³-hybridized carbons (Fsp3) is 0.615. The van der Waals surface area contributed by atoms with Gasteiger partial charge in [-0.15, -0.1) is 0 Å². The monoisotopic (exact) mass is 219 g/mol. The largest absolute Gasteiger partial charge is 0.307 e. The molecule has 0 radical (unpaired) electrons. The fourth-order valence-corrected chi connectivity index (χ4v) is 2.29. The molecule has 88 valence electrons. The minimum absolute atomic E-state index is 0.343. The second-order valence-electron chi connectivity index (χ2n) is 4.66. The van der Waals surface area contributed by atoms with Gasteiger partial charge in [0.15, 0.2) is 0 Å². The highest BCUT2D eigenvalue weighted by Gasteiger charge is 2.21. The Morgan fingerprint density at radius 1 is 1.56 bits per heavy atom. The van der Waals surface area contributed by atoms with Crippen LogP contribution in [0.4, 0.5) is 0 Å². The molecular formula is C13H21N3. The van der Waals surface area contributed by atoms with Gasteiger partial charge in [0, 0.05) is 24.8 Å². The second-order valence-corrected chi connectivity index (χ2v) is 4.66. The Hall–Kier alpha value is -0.930. The lowest BCUT2D eigenvalue weighted by Crippen LogP contribution is -2.36. The van der Waals surface area contributed by atoms with Crippen LogP contribution in [0.25, 0.3) is 0 Å². The predicted molar refractivity (Wildman–Crippen MR) is 66.3 cm³/mol. The number of nitrogens with zero attached hydrogens (tertiary/aromatic N) is 2. The van der Waals surface area contributed by atoms with E-state index >= 15 is 0 Å². The first-order valence-electron chi connectivity index (χ1n) is 6.12. The van der Waals surface area contributed by atoms with Crippen LogP contribution in [-0.2, 0) is 0 Å². The van der Waals surface area contributed by atoms with E-state index in [0.717, 1.165) is 12.2 Å². The van der Waals surface area contributed by atoms with Crippen LogP contribution in [-0.4, -0.2) is 36.1 Å². The van der Waals surface area contributed by atoms with Gasteiger partial charge in [-0.3, -0.25) is 4.98 Å². The van der Waals surface area contributed by atoms with Crippen LogP contribution in [0.1, 0.15) is 31.5 Å². The van der Waals surface area contributed by atoms with Gasteiger partial charge in [0.2, 0.25) is 0 Å². The number of hydrogen-bond donors (Lipinski definition) is 1. The molecule has 2 unspecified atom stereocenters. The van der Waals surface area contributed by atoms with E-state index in [9.17, 15) is 0 Å². The zero-order valence-corrected chi connectivity index (χ0v) is 10.2. The summed E-state index contributed by atoms with van der Waals surface area (Å²) in [5.41, 5.74) is 1.13. The first-order valence-corrected chi connectivity index (χ1v) is 6.12. The molecule has 1 aliphatic rings. The molecule has 0 saturated carbocycles. The van der Waals surface area contributed by atoms with E-state index in [0.29, 0.717) is 12.1 Å². The lowest BCUT2D eigenvalue weighted by molar-refractivity contribution is 0.293. The van der Waals surface area contributed by atoms with Crippen molar-refractivity contribution in [3.63, 3.8) is 0 Å². The van der Waals surface area contributed by atoms with Crippen LogP contribution >= 0.6 is 0 Å². The third-order valence-electron chi connectivity index (χ3n) is 3.46. The number of aromatic nitrogens is 1. The van der Waals surface area contributed by atoms with Crippen LogP contribution in [0.2, 0.25) is 0 Å². The Balaban J connectivity index is 1.82. The van der Waals surface area contributed by atoms with E-state index in [2.05, 4.69) is 35.2 Å². The predicted octanol–water partition coefficient (Wildman–Crippen LogP) is 1.83. The Morgan fingerprint density at radius 2 is 2.44 bits per heavy atom. The van der Waals surface area contributed by atoms with Crippen molar-refractivity contribution >= 4 is 0 Å². The van der Waals surface area contributed by atoms with Crippen molar-refractivity contribution in [1.82, 2.24) is 15.2 Å². The average molecular weight is 219 g/mol. The molecule has 0 aliphatic carbocycles. The van der Waals surface area contributed by atoms with Crippen LogP contribution in [0.15, 0.2) is 24.4 Å². The van der Waals surface area contributed by atoms with Crippen molar-refractivity contribution in [3.05, 3.63) is 30.1 Å². The SMILES string of the molecule is CC(NCC1CCCN1C)c1ccccn1. The van der Waals surface area contributed by atoms with Gasteiger partial charge >= 0.3 is 0 Å². The van der Waals surface area contributed by atoms with Gasteiger partial charge in [0.05, 0.1) is 5.69 Å². The molecule has 2 heterocycles. The highest BCUT2D eigenvalue weighted by molar-refractivity contribution is 5.07. The highest BCUT2D eigenvalue weighted by Crippen LogP contribution is 2.15. The maximum atomic E-state index is 4.37. The first-order chi connectivity index (χ1) is 7.77. The van der Waals surface area contributed by atoms with Gasteiger partial charge in [-0.25, -0.2) is 0 Å². The smallest absolute Gasteiger partial charge is 0.0570 e. The van der Waals surface area contributed by atoms with Gasteiger partial charge in [-0.05, 0) is 45.5 Å². The number of pyridine rings is 1. The zero-order chi connectivity index (χ0) is 11.4. The minimum Gasteiger partial charge on any atom is -0.307 e. The lowest BCUT2D eigenvalue weighted by atomic mass is 10.2. The molecule has 16 heavy (non-hydrogen) atoms. The van der Waals surface area contributed by atoms with E-state index < -0.39 is 0 Å². The molecule has 3 heteroatoms. The van der Waals surface area contributed by atoms with E-state index in [-0.39, 0.29) is 0 Å². The van der Waals surface area contributed by atoms with Crippen LogP contribution in [0.3, 0.4) is 0 Å². The summed E-state index contributed by atoms with van der Waals surface area (Å²) in [7, 11) is 2.21. The molecule has 0 spiro atoms. The zero-order valence-electron chi connectivity index (χ0n) is 10.2. The molecule has 1 N–H and O–H groups in total. The first kappa shape index (κ1) is 11.6. The number of nitrogens with one attached hydrogen (secondary N) is 1. The van der Waals surface area contributed by atoms with E-state index in [1.165, 1.54) is 19.4 Å². The molecule has 1 aliphatic heterocycles. The van der Waals surface area contributed by atoms with Crippen LogP contribution < -0.4 is 5.32 Å². The van der Waals surface area contributed by atoms with Gasteiger partial charge < -0.3 is 10.2 Å². The molecule has 1 aromatic heterocycles. The Kier molecular flexibility index (Phi) is 3.91. The van der Waals surface area contributed by atoms with Crippen molar-refractivity contribution in [1.29, 1.82) is 0 Å². The fourth-order valence-electron chi connectivity index (χ4n) is 2.29. The summed E-state index contributed by atoms with van der Waals surface area (Å²) in [5.74, 6) is 0. The van der Waals surface area contributed by atoms with E-state index in [1.54, 1.807) is 0 Å². The van der Waals surface area contributed by atoms with Crippen molar-refractivity contribution in [3.8, 4) is 0 Å². The quantitative estimate of drug-likeness (QED) is 0.837. The van der Waals surface area contributed by atoms with E-state index in [4.69, 9.17) is 0 Å². The number of likely N-dealkylation sites (N-methyl/N-ethyl adjacent to an activating group) is 1. The summed E-state index contributed by atoms with van der Waals surface area (Å²) in [6, 6.07) is 7.13. The third kappa shape index (κ3) is 2.80. The molecule has 0 amide bonds. The molecular weight excluding hydrogens is 198 g/mol. The highest BCUT2D eigenvalue weighted by atomic mass is 15.2. The summed E-state index contributed by atoms with van der Waals surface area (Å²) in [6.07, 6.45) is 4.51. The molecule has 1 saturated heterocycles. The summed E-state index contributed by atoms with van der Waals surface area (Å²) >= 11 is 0. The molecule has 1 aromatic rings. The Bertz CT molecular complexity index is 312. The molecule has 2 rings (SSSR count). The van der Waals surface area contributed by atoms with Gasteiger partial charge in [0.25, 0.3) is 0 Å². The van der Waals surface area contributed by atoms with Crippen molar-refractivity contribution in [2.24, 2.45) is 0 Å². The molecule has 2 atom stereocenters. The molecule has 3 nitrogen and oxygen atoms in total. The number of rotatable bonds is 4. The van der Waals surface area contributed by atoms with Gasteiger partial charge in [-0.2, -0.15) is 0 Å². The van der Waals surface area contributed by atoms with Crippen LogP contribution in [0, 0.1) is 0 Å². The third-order valence-corrected chi connectivity index (χ3v) is 3.46. The summed E-state index contributed by atoms with van der Waals surface area (Å²) in [4.78, 5) is 6.81. The maximum absolute atomic E-state index is 4.37. The van der Waals surface area contributed by atoms with Crippen molar-refractivity contribution < 1.29 is 0 Å². The molecule has 0 bridgehead atoms. The van der Waals surface area contributed by atoms with Gasteiger partial charge in [-0.1, -0.05) is 6.07 Å². The normalized spacial score (nSPS) is 23.5. The molecule has 0 aromatic carbocycles.